The van der Waals surface area contributed by atoms with E-state index in [0.717, 1.165) is 12.8 Å². The van der Waals surface area contributed by atoms with Crippen LogP contribution in [-0.2, 0) is 0 Å². The maximum atomic E-state index is 13.9. The van der Waals surface area contributed by atoms with Gasteiger partial charge < -0.3 is 11.1 Å². The number of amides is 1. The Morgan fingerprint density at radius 2 is 2.10 bits per heavy atom. The van der Waals surface area contributed by atoms with Crippen LogP contribution in [0.2, 0.25) is 0 Å². The van der Waals surface area contributed by atoms with Gasteiger partial charge in [-0.25, -0.2) is 4.39 Å². The molecule has 4 heteroatoms. The van der Waals surface area contributed by atoms with Crippen LogP contribution in [0.1, 0.15) is 55.5 Å². The van der Waals surface area contributed by atoms with Crippen LogP contribution in [0.4, 0.5) is 10.1 Å². The summed E-state index contributed by atoms with van der Waals surface area (Å²) in [4.78, 5) is 11.3. The normalized spacial score (nSPS) is 22.3. The third kappa shape index (κ3) is 3.74. The van der Waals surface area contributed by atoms with Crippen molar-refractivity contribution in [2.75, 3.05) is 5.32 Å². The third-order valence-corrected chi connectivity index (χ3v) is 4.65. The number of nitrogens with two attached hydrogens (primary N) is 1. The topological polar surface area (TPSA) is 55.1 Å². The van der Waals surface area contributed by atoms with Gasteiger partial charge in [-0.2, -0.15) is 0 Å². The first-order valence-electron chi connectivity index (χ1n) is 7.75. The molecule has 0 heterocycles. The molecule has 0 bridgehead atoms. The van der Waals surface area contributed by atoms with E-state index in [1.165, 1.54) is 18.9 Å². The first-order valence-corrected chi connectivity index (χ1v) is 7.75. The van der Waals surface area contributed by atoms with Crippen molar-refractivity contribution in [3.8, 4) is 0 Å². The van der Waals surface area contributed by atoms with Crippen LogP contribution in [0.15, 0.2) is 12.1 Å². The van der Waals surface area contributed by atoms with Gasteiger partial charge in [0.05, 0.1) is 0 Å². The van der Waals surface area contributed by atoms with E-state index >= 15 is 0 Å². The largest absolute Gasteiger partial charge is 0.382 e. The van der Waals surface area contributed by atoms with Gasteiger partial charge in [-0.1, -0.05) is 26.7 Å². The number of rotatable bonds is 4. The van der Waals surface area contributed by atoms with Crippen molar-refractivity contribution in [1.82, 2.24) is 0 Å². The maximum absolute atomic E-state index is 13.9. The molecule has 0 aromatic heterocycles. The first-order chi connectivity index (χ1) is 9.88. The van der Waals surface area contributed by atoms with Crippen molar-refractivity contribution in [1.29, 1.82) is 0 Å². The molecule has 0 saturated heterocycles. The number of halogens is 1. The molecule has 1 aliphatic carbocycles. The molecular formula is C17H25FN2O. The SMILES string of the molecule is Cc1c(F)cc(C(N)=O)cc1NC1CCCC(C(C)C)C1. The lowest BCUT2D eigenvalue weighted by molar-refractivity contribution is 0.1000. The van der Waals surface area contributed by atoms with Crippen molar-refractivity contribution in [2.24, 2.45) is 17.6 Å². The smallest absolute Gasteiger partial charge is 0.248 e. The molecule has 0 radical (unpaired) electrons. The second kappa shape index (κ2) is 6.46. The van der Waals surface area contributed by atoms with Gasteiger partial charge >= 0.3 is 0 Å². The van der Waals surface area contributed by atoms with E-state index in [-0.39, 0.29) is 11.4 Å². The van der Waals surface area contributed by atoms with Crippen LogP contribution in [0, 0.1) is 24.6 Å². The van der Waals surface area contributed by atoms with E-state index in [4.69, 9.17) is 5.73 Å². The average molecular weight is 292 g/mol. The van der Waals surface area contributed by atoms with E-state index in [1.807, 2.05) is 0 Å². The predicted molar refractivity (Wildman–Crippen MR) is 83.9 cm³/mol. The summed E-state index contributed by atoms with van der Waals surface area (Å²) in [5.74, 6) is 0.399. The van der Waals surface area contributed by atoms with E-state index < -0.39 is 5.91 Å². The first kappa shape index (κ1) is 15.8. The molecule has 2 atom stereocenters. The molecule has 1 aromatic rings. The number of hydrogen-bond donors (Lipinski definition) is 2. The highest BCUT2D eigenvalue weighted by Crippen LogP contribution is 2.32. The number of anilines is 1. The minimum absolute atomic E-state index is 0.219. The van der Waals surface area contributed by atoms with Gasteiger partial charge in [0.25, 0.3) is 0 Å². The number of primary amides is 1. The Morgan fingerprint density at radius 3 is 2.71 bits per heavy atom. The minimum Gasteiger partial charge on any atom is -0.382 e. The molecule has 1 aliphatic rings. The summed E-state index contributed by atoms with van der Waals surface area (Å²) in [6.07, 6.45) is 4.65. The quantitative estimate of drug-likeness (QED) is 0.885. The summed E-state index contributed by atoms with van der Waals surface area (Å²) >= 11 is 0. The van der Waals surface area contributed by atoms with Crippen LogP contribution >= 0.6 is 0 Å². The molecule has 2 rings (SSSR count). The molecule has 1 saturated carbocycles. The van der Waals surface area contributed by atoms with Gasteiger partial charge in [0.1, 0.15) is 5.82 Å². The molecule has 116 valence electrons. The summed E-state index contributed by atoms with van der Waals surface area (Å²) in [7, 11) is 0. The van der Waals surface area contributed by atoms with Gasteiger partial charge in [0.15, 0.2) is 0 Å². The highest BCUT2D eigenvalue weighted by molar-refractivity contribution is 5.94. The zero-order chi connectivity index (χ0) is 15.6. The van der Waals surface area contributed by atoms with Gasteiger partial charge in [0, 0.05) is 22.9 Å². The molecule has 1 fully saturated rings. The van der Waals surface area contributed by atoms with Crippen molar-refractivity contribution < 1.29 is 9.18 Å². The molecule has 2 unspecified atom stereocenters. The Bertz CT molecular complexity index is 528. The van der Waals surface area contributed by atoms with Crippen LogP contribution in [-0.4, -0.2) is 11.9 Å². The van der Waals surface area contributed by atoms with Crippen molar-refractivity contribution >= 4 is 11.6 Å². The standard InChI is InChI=1S/C17H25FN2O/c1-10(2)12-5-4-6-14(7-12)20-16-9-13(17(19)21)8-15(18)11(16)3/h8-10,12,14,20H,4-7H2,1-3H3,(H2,19,21). The van der Waals surface area contributed by atoms with Crippen molar-refractivity contribution in [2.45, 2.75) is 52.5 Å². The molecule has 0 spiro atoms. The molecule has 1 amide bonds. The van der Waals surface area contributed by atoms with Crippen LogP contribution in [0.25, 0.3) is 0 Å². The molecule has 1 aromatic carbocycles. The lowest BCUT2D eigenvalue weighted by atomic mass is 9.79. The monoisotopic (exact) mass is 292 g/mol. The summed E-state index contributed by atoms with van der Waals surface area (Å²) in [6.45, 7) is 6.24. The minimum atomic E-state index is -0.597. The Labute approximate surface area is 126 Å². The van der Waals surface area contributed by atoms with Crippen molar-refractivity contribution in [3.05, 3.63) is 29.1 Å². The van der Waals surface area contributed by atoms with Crippen LogP contribution in [0.3, 0.4) is 0 Å². The summed E-state index contributed by atoms with van der Waals surface area (Å²) < 4.78 is 13.9. The summed E-state index contributed by atoms with van der Waals surface area (Å²) in [5, 5.41) is 3.42. The zero-order valence-electron chi connectivity index (χ0n) is 13.1. The maximum Gasteiger partial charge on any atom is 0.248 e. The van der Waals surface area contributed by atoms with Crippen molar-refractivity contribution in [3.63, 3.8) is 0 Å². The second-order valence-electron chi connectivity index (χ2n) is 6.51. The number of benzene rings is 1. The Morgan fingerprint density at radius 1 is 1.38 bits per heavy atom. The number of hydrogen-bond acceptors (Lipinski definition) is 2. The Hall–Kier alpha value is -1.58. The molecule has 21 heavy (non-hydrogen) atoms. The molecular weight excluding hydrogens is 267 g/mol. The fraction of sp³-hybridized carbons (Fsp3) is 0.588. The number of carbonyl (C=O) groups is 1. The average Bonchev–Trinajstić information content (AvgIpc) is 2.43. The highest BCUT2D eigenvalue weighted by atomic mass is 19.1. The predicted octanol–water partition coefficient (Wildman–Crippen LogP) is 3.86. The summed E-state index contributed by atoms with van der Waals surface area (Å²) in [6, 6.07) is 3.22. The molecule has 3 N–H and O–H groups in total. The fourth-order valence-electron chi connectivity index (χ4n) is 3.16. The second-order valence-corrected chi connectivity index (χ2v) is 6.51. The van der Waals surface area contributed by atoms with E-state index in [9.17, 15) is 9.18 Å². The van der Waals surface area contributed by atoms with Gasteiger partial charge in [-0.3, -0.25) is 4.79 Å². The van der Waals surface area contributed by atoms with E-state index in [2.05, 4.69) is 19.2 Å². The lowest BCUT2D eigenvalue weighted by Crippen LogP contribution is -2.30. The van der Waals surface area contributed by atoms with Gasteiger partial charge in [0.2, 0.25) is 5.91 Å². The van der Waals surface area contributed by atoms with Gasteiger partial charge in [-0.15, -0.1) is 0 Å². The Kier molecular flexibility index (Phi) is 4.86. The van der Waals surface area contributed by atoms with Gasteiger partial charge in [-0.05, 0) is 43.7 Å². The van der Waals surface area contributed by atoms with Crippen LogP contribution < -0.4 is 11.1 Å². The third-order valence-electron chi connectivity index (χ3n) is 4.65. The lowest BCUT2D eigenvalue weighted by Gasteiger charge is -2.33. The van der Waals surface area contributed by atoms with E-state index in [1.54, 1.807) is 13.0 Å². The number of nitrogens with one attached hydrogen (secondary N) is 1. The molecule has 0 aliphatic heterocycles. The number of carbonyl (C=O) groups excluding carboxylic acids is 1. The Balaban J connectivity index is 2.17. The van der Waals surface area contributed by atoms with E-state index in [0.29, 0.717) is 29.1 Å². The fourth-order valence-corrected chi connectivity index (χ4v) is 3.16. The zero-order valence-corrected chi connectivity index (χ0v) is 13.1. The summed E-state index contributed by atoms with van der Waals surface area (Å²) in [5.41, 5.74) is 6.72. The highest BCUT2D eigenvalue weighted by Gasteiger charge is 2.24. The van der Waals surface area contributed by atoms with Crippen LogP contribution in [0.5, 0.6) is 0 Å². The molecule has 3 nitrogen and oxygen atoms in total.